The number of benzene rings is 1. The molecule has 8 nitrogen and oxygen atoms in total. The number of carbonyl (C=O) groups is 1. The molecule has 2 unspecified atom stereocenters. The lowest BCUT2D eigenvalue weighted by molar-refractivity contribution is -0.119. The van der Waals surface area contributed by atoms with Crippen LogP contribution in [-0.4, -0.2) is 31.1 Å². The fourth-order valence-electron chi connectivity index (χ4n) is 3.03. The molecule has 1 aliphatic heterocycles. The molecule has 0 saturated carbocycles. The van der Waals surface area contributed by atoms with Gasteiger partial charge < -0.3 is 10.6 Å². The summed E-state index contributed by atoms with van der Waals surface area (Å²) in [5.41, 5.74) is 1.63. The molecular weight excluding hydrogens is 389 g/mol. The van der Waals surface area contributed by atoms with Crippen LogP contribution in [0.2, 0.25) is 10.0 Å². The maximum Gasteiger partial charge on any atom is 0.247 e. The second-order valence-corrected chi connectivity index (χ2v) is 6.68. The molecule has 3 aromatic rings. The number of carbonyl (C=O) groups excluding carboxylic acids is 1. The number of amides is 1. The molecule has 0 fully saturated rings. The van der Waals surface area contributed by atoms with Gasteiger partial charge in [-0.2, -0.15) is 0 Å². The van der Waals surface area contributed by atoms with E-state index in [0.29, 0.717) is 32.9 Å². The smallest absolute Gasteiger partial charge is 0.247 e. The van der Waals surface area contributed by atoms with E-state index in [4.69, 9.17) is 23.2 Å². The molecule has 4 rings (SSSR count). The number of halogens is 2. The minimum Gasteiger partial charge on any atom is -0.326 e. The molecule has 136 valence electrons. The van der Waals surface area contributed by atoms with Crippen molar-refractivity contribution in [2.24, 2.45) is 5.92 Å². The number of tetrazole rings is 1. The average Bonchev–Trinajstić information content (AvgIpc) is 3.12. The van der Waals surface area contributed by atoms with Crippen LogP contribution >= 0.6 is 23.2 Å². The summed E-state index contributed by atoms with van der Waals surface area (Å²) in [6, 6.07) is 8.07. The molecule has 0 saturated heterocycles. The molecule has 0 radical (unpaired) electrons. The molecule has 3 heterocycles. The van der Waals surface area contributed by atoms with Crippen molar-refractivity contribution in [1.29, 1.82) is 0 Å². The van der Waals surface area contributed by atoms with Gasteiger partial charge in [0.1, 0.15) is 12.0 Å². The molecule has 1 amide bonds. The van der Waals surface area contributed by atoms with Crippen molar-refractivity contribution in [2.45, 2.75) is 6.04 Å². The topological polar surface area (TPSA) is 97.6 Å². The summed E-state index contributed by atoms with van der Waals surface area (Å²) in [6.45, 7) is 3.99. The van der Waals surface area contributed by atoms with Crippen LogP contribution in [0.1, 0.15) is 11.6 Å². The van der Waals surface area contributed by atoms with E-state index in [9.17, 15) is 4.79 Å². The quantitative estimate of drug-likeness (QED) is 0.699. The van der Waals surface area contributed by atoms with Gasteiger partial charge in [0.05, 0.1) is 21.9 Å². The van der Waals surface area contributed by atoms with Crippen LogP contribution in [0, 0.1) is 5.92 Å². The fourth-order valence-corrected chi connectivity index (χ4v) is 3.45. The van der Waals surface area contributed by atoms with Gasteiger partial charge in [-0.1, -0.05) is 47.0 Å². The molecule has 2 atom stereocenters. The first-order valence-electron chi connectivity index (χ1n) is 7.94. The number of hydrogen-bond donors (Lipinski definition) is 2. The van der Waals surface area contributed by atoms with E-state index in [1.807, 2.05) is 0 Å². The molecule has 0 bridgehead atoms. The van der Waals surface area contributed by atoms with Crippen molar-refractivity contribution in [1.82, 2.24) is 25.2 Å². The first-order chi connectivity index (χ1) is 13.1. The second kappa shape index (κ2) is 6.98. The van der Waals surface area contributed by atoms with Crippen LogP contribution in [0.3, 0.4) is 0 Å². The van der Waals surface area contributed by atoms with Gasteiger partial charge in [-0.15, -0.1) is 0 Å². The van der Waals surface area contributed by atoms with Crippen LogP contribution in [0.25, 0.3) is 0 Å². The molecule has 2 N–H and O–H groups in total. The Balaban J connectivity index is 1.79. The van der Waals surface area contributed by atoms with Crippen LogP contribution in [0.5, 0.6) is 0 Å². The standard InChI is InChI=1S/C17H13Cl2N7O/c1-9-13(16(27)22-10-4-3-7-20-8-10)15(26-17(21-9)23-24-25-26)11-5-2-6-12(18)14(11)19/h2-8,13,15H,1H2,(H,22,27)(H,21,23,25). The highest BCUT2D eigenvalue weighted by atomic mass is 35.5. The van der Waals surface area contributed by atoms with E-state index in [-0.39, 0.29) is 5.91 Å². The zero-order valence-electron chi connectivity index (χ0n) is 13.8. The molecule has 10 heteroatoms. The number of fused-ring (bicyclic) bond motifs is 1. The summed E-state index contributed by atoms with van der Waals surface area (Å²) in [4.78, 5) is 17.1. The number of nitrogens with one attached hydrogen (secondary N) is 2. The SMILES string of the molecule is C=C1Nc2nnnn2C(c2cccc(Cl)c2Cl)C1C(=O)Nc1cccnc1. The van der Waals surface area contributed by atoms with Gasteiger partial charge in [0.2, 0.25) is 11.9 Å². The normalized spacial score (nSPS) is 18.5. The monoisotopic (exact) mass is 401 g/mol. The Kier molecular flexibility index (Phi) is 4.51. The third-order valence-electron chi connectivity index (χ3n) is 4.23. The summed E-state index contributed by atoms with van der Waals surface area (Å²) in [6.07, 6.45) is 3.18. The van der Waals surface area contributed by atoms with E-state index < -0.39 is 12.0 Å². The fraction of sp³-hybridized carbons (Fsp3) is 0.118. The van der Waals surface area contributed by atoms with Crippen LogP contribution in [0.15, 0.2) is 55.0 Å². The highest BCUT2D eigenvalue weighted by molar-refractivity contribution is 6.42. The zero-order valence-corrected chi connectivity index (χ0v) is 15.3. The minimum atomic E-state index is -0.739. The summed E-state index contributed by atoms with van der Waals surface area (Å²) in [5, 5.41) is 18.1. The van der Waals surface area contributed by atoms with Gasteiger partial charge in [0.15, 0.2) is 0 Å². The molecule has 1 aliphatic rings. The van der Waals surface area contributed by atoms with Crippen molar-refractivity contribution in [3.63, 3.8) is 0 Å². The first-order valence-corrected chi connectivity index (χ1v) is 8.70. The van der Waals surface area contributed by atoms with E-state index in [1.54, 1.807) is 42.7 Å². The molecule has 1 aromatic carbocycles. The predicted molar refractivity (Wildman–Crippen MR) is 102 cm³/mol. The lowest BCUT2D eigenvalue weighted by atomic mass is 9.88. The Hall–Kier alpha value is -2.97. The number of nitrogens with zero attached hydrogens (tertiary/aromatic N) is 5. The van der Waals surface area contributed by atoms with Gasteiger partial charge in [-0.25, -0.2) is 4.68 Å². The largest absolute Gasteiger partial charge is 0.326 e. The Morgan fingerprint density at radius 1 is 1.26 bits per heavy atom. The van der Waals surface area contributed by atoms with E-state index >= 15 is 0 Å². The lowest BCUT2D eigenvalue weighted by Crippen LogP contribution is -2.39. The highest BCUT2D eigenvalue weighted by Gasteiger charge is 2.41. The number of anilines is 2. The summed E-state index contributed by atoms with van der Waals surface area (Å²) in [5.74, 6) is -0.675. The summed E-state index contributed by atoms with van der Waals surface area (Å²) < 4.78 is 1.50. The summed E-state index contributed by atoms with van der Waals surface area (Å²) in [7, 11) is 0. The average molecular weight is 402 g/mol. The highest BCUT2D eigenvalue weighted by Crippen LogP contribution is 2.41. The second-order valence-electron chi connectivity index (χ2n) is 5.89. The van der Waals surface area contributed by atoms with E-state index in [2.05, 4.69) is 37.7 Å². The van der Waals surface area contributed by atoms with Crippen molar-refractivity contribution in [3.8, 4) is 0 Å². The predicted octanol–water partition coefficient (Wildman–Crippen LogP) is 3.16. The Labute approximate surface area is 164 Å². The van der Waals surface area contributed by atoms with Gasteiger partial charge >= 0.3 is 0 Å². The van der Waals surface area contributed by atoms with Crippen LogP contribution in [-0.2, 0) is 4.79 Å². The van der Waals surface area contributed by atoms with Crippen molar-refractivity contribution >= 4 is 40.7 Å². The maximum atomic E-state index is 13.1. The minimum absolute atomic E-state index is 0.303. The lowest BCUT2D eigenvalue weighted by Gasteiger charge is -2.33. The van der Waals surface area contributed by atoms with E-state index in [0.717, 1.165) is 0 Å². The summed E-state index contributed by atoms with van der Waals surface area (Å²) >= 11 is 12.6. The third kappa shape index (κ3) is 3.13. The third-order valence-corrected chi connectivity index (χ3v) is 5.06. The zero-order chi connectivity index (χ0) is 19.0. The number of pyridine rings is 1. The number of hydrogen-bond acceptors (Lipinski definition) is 6. The van der Waals surface area contributed by atoms with Crippen molar-refractivity contribution in [3.05, 3.63) is 70.6 Å². The Morgan fingerprint density at radius 2 is 2.11 bits per heavy atom. The number of aromatic nitrogens is 5. The van der Waals surface area contributed by atoms with Gasteiger partial charge in [0, 0.05) is 11.9 Å². The van der Waals surface area contributed by atoms with Crippen LogP contribution in [0.4, 0.5) is 11.6 Å². The van der Waals surface area contributed by atoms with Crippen molar-refractivity contribution < 1.29 is 4.79 Å². The molecule has 0 spiro atoms. The number of rotatable bonds is 3. The van der Waals surface area contributed by atoms with E-state index in [1.165, 1.54) is 4.68 Å². The molecule has 2 aromatic heterocycles. The molecule has 0 aliphatic carbocycles. The van der Waals surface area contributed by atoms with Gasteiger partial charge in [-0.05, 0) is 34.2 Å². The van der Waals surface area contributed by atoms with Crippen LogP contribution < -0.4 is 10.6 Å². The Bertz CT molecular complexity index is 1020. The van der Waals surface area contributed by atoms with Crippen molar-refractivity contribution in [2.75, 3.05) is 10.6 Å². The van der Waals surface area contributed by atoms with Gasteiger partial charge in [0.25, 0.3) is 0 Å². The van der Waals surface area contributed by atoms with Gasteiger partial charge in [-0.3, -0.25) is 9.78 Å². The maximum absolute atomic E-state index is 13.1. The molecule has 27 heavy (non-hydrogen) atoms. The Morgan fingerprint density at radius 3 is 2.89 bits per heavy atom. The first kappa shape index (κ1) is 17.4. The molecular formula is C17H13Cl2N7O.